The lowest BCUT2D eigenvalue weighted by Gasteiger charge is -2.21. The zero-order valence-electron chi connectivity index (χ0n) is 14.6. The maximum atomic E-state index is 5.42. The zero-order valence-corrected chi connectivity index (χ0v) is 15.4. The maximum Gasteiger partial charge on any atom is 0.171 e. The van der Waals surface area contributed by atoms with E-state index in [1.54, 1.807) is 0 Å². The van der Waals surface area contributed by atoms with Crippen molar-refractivity contribution in [1.82, 2.24) is 5.32 Å². The van der Waals surface area contributed by atoms with E-state index in [0.717, 1.165) is 5.69 Å². The van der Waals surface area contributed by atoms with Gasteiger partial charge in [0.05, 0.1) is 6.04 Å². The maximum absolute atomic E-state index is 5.42. The van der Waals surface area contributed by atoms with Crippen molar-refractivity contribution in [1.29, 1.82) is 0 Å². The van der Waals surface area contributed by atoms with Crippen LogP contribution in [0.1, 0.15) is 50.4 Å². The fraction of sp³-hybridized carbons (Fsp3) is 0.350. The average molecular weight is 327 g/mol. The average Bonchev–Trinajstić information content (AvgIpc) is 2.46. The summed E-state index contributed by atoms with van der Waals surface area (Å²) in [5, 5.41) is 7.22. The predicted molar refractivity (Wildman–Crippen MR) is 104 cm³/mol. The van der Waals surface area contributed by atoms with Crippen LogP contribution in [0, 0.1) is 6.92 Å². The van der Waals surface area contributed by atoms with E-state index in [1.165, 1.54) is 16.7 Å². The second-order valence-electron chi connectivity index (χ2n) is 7.06. The van der Waals surface area contributed by atoms with Gasteiger partial charge < -0.3 is 10.6 Å². The van der Waals surface area contributed by atoms with Gasteiger partial charge in [0.1, 0.15) is 0 Å². The molecule has 2 rings (SSSR count). The van der Waals surface area contributed by atoms with Crippen molar-refractivity contribution in [2.24, 2.45) is 0 Å². The molecule has 0 aliphatic heterocycles. The van der Waals surface area contributed by atoms with Gasteiger partial charge in [0.15, 0.2) is 5.11 Å². The van der Waals surface area contributed by atoms with E-state index < -0.39 is 0 Å². The van der Waals surface area contributed by atoms with Crippen LogP contribution in [0.3, 0.4) is 0 Å². The van der Waals surface area contributed by atoms with Gasteiger partial charge in [-0.25, -0.2) is 0 Å². The van der Waals surface area contributed by atoms with Gasteiger partial charge in [-0.05, 0) is 60.3 Å². The summed E-state index contributed by atoms with van der Waals surface area (Å²) in [6.07, 6.45) is 0. The Labute approximate surface area is 145 Å². The molecule has 0 heterocycles. The van der Waals surface area contributed by atoms with Gasteiger partial charge >= 0.3 is 0 Å². The Morgan fingerprint density at radius 1 is 1.04 bits per heavy atom. The first-order valence-electron chi connectivity index (χ1n) is 8.00. The number of hydrogen-bond acceptors (Lipinski definition) is 1. The number of aryl methyl sites for hydroxylation is 1. The summed E-state index contributed by atoms with van der Waals surface area (Å²) < 4.78 is 0. The highest BCUT2D eigenvalue weighted by Gasteiger charge is 2.14. The summed E-state index contributed by atoms with van der Waals surface area (Å²) >= 11 is 5.42. The van der Waals surface area contributed by atoms with Crippen molar-refractivity contribution in [3.8, 4) is 0 Å². The molecule has 3 heteroatoms. The number of benzene rings is 2. The Morgan fingerprint density at radius 2 is 1.70 bits per heavy atom. The Bertz CT molecular complexity index is 669. The largest absolute Gasteiger partial charge is 0.356 e. The van der Waals surface area contributed by atoms with Crippen molar-refractivity contribution in [2.75, 3.05) is 5.32 Å². The van der Waals surface area contributed by atoms with E-state index in [1.807, 2.05) is 12.1 Å². The number of hydrogen-bond donors (Lipinski definition) is 2. The molecule has 0 unspecified atom stereocenters. The van der Waals surface area contributed by atoms with Crippen LogP contribution in [0.15, 0.2) is 48.5 Å². The van der Waals surface area contributed by atoms with Gasteiger partial charge in [0.2, 0.25) is 0 Å². The molecule has 0 bridgehead atoms. The lowest BCUT2D eigenvalue weighted by Crippen LogP contribution is -2.30. The fourth-order valence-electron chi connectivity index (χ4n) is 2.44. The number of rotatable bonds is 3. The Hall–Kier alpha value is -1.87. The number of thiocarbonyl (C=S) groups is 1. The third-order valence-corrected chi connectivity index (χ3v) is 4.12. The molecule has 0 radical (unpaired) electrons. The van der Waals surface area contributed by atoms with Crippen LogP contribution >= 0.6 is 12.2 Å². The summed E-state index contributed by atoms with van der Waals surface area (Å²) in [6, 6.07) is 17.1. The standard InChI is InChI=1S/C20H26N2S/c1-14-7-6-8-18(13-14)22-19(23)21-15(2)16-9-11-17(12-10-16)20(3,4)5/h6-13,15H,1-5H3,(H2,21,22,23)/t15-/m1/s1. The first-order valence-corrected chi connectivity index (χ1v) is 8.41. The van der Waals surface area contributed by atoms with Gasteiger partial charge in [-0.15, -0.1) is 0 Å². The SMILES string of the molecule is Cc1cccc(NC(=S)N[C@H](C)c2ccc(C(C)(C)C)cc2)c1. The normalized spacial score (nSPS) is 12.6. The third kappa shape index (κ3) is 5.07. The van der Waals surface area contributed by atoms with E-state index in [0.29, 0.717) is 5.11 Å². The molecule has 23 heavy (non-hydrogen) atoms. The Kier molecular flexibility index (Phi) is 5.42. The third-order valence-electron chi connectivity index (χ3n) is 3.90. The molecule has 0 aliphatic rings. The van der Waals surface area contributed by atoms with Crippen molar-refractivity contribution in [3.63, 3.8) is 0 Å². The van der Waals surface area contributed by atoms with Crippen molar-refractivity contribution in [2.45, 2.75) is 46.1 Å². The predicted octanol–water partition coefficient (Wildman–Crippen LogP) is 5.34. The molecule has 0 saturated heterocycles. The quantitative estimate of drug-likeness (QED) is 0.744. The van der Waals surface area contributed by atoms with Crippen LogP contribution in [0.2, 0.25) is 0 Å². The molecule has 2 N–H and O–H groups in total. The number of anilines is 1. The van der Waals surface area contributed by atoms with Crippen molar-refractivity contribution < 1.29 is 0 Å². The molecule has 0 spiro atoms. The van der Waals surface area contributed by atoms with Gasteiger partial charge in [-0.2, -0.15) is 0 Å². The Morgan fingerprint density at radius 3 is 2.26 bits per heavy atom. The molecule has 0 amide bonds. The van der Waals surface area contributed by atoms with Gasteiger partial charge in [0.25, 0.3) is 0 Å². The second kappa shape index (κ2) is 7.14. The minimum atomic E-state index is 0.161. The molecule has 1 atom stereocenters. The van der Waals surface area contributed by atoms with E-state index >= 15 is 0 Å². The van der Waals surface area contributed by atoms with Gasteiger partial charge in [-0.1, -0.05) is 57.2 Å². The summed E-state index contributed by atoms with van der Waals surface area (Å²) in [4.78, 5) is 0. The number of nitrogens with one attached hydrogen (secondary N) is 2. The minimum Gasteiger partial charge on any atom is -0.356 e. The van der Waals surface area contributed by atoms with Gasteiger partial charge in [0, 0.05) is 5.69 Å². The first-order chi connectivity index (χ1) is 10.8. The highest BCUT2D eigenvalue weighted by Crippen LogP contribution is 2.24. The highest BCUT2D eigenvalue weighted by molar-refractivity contribution is 7.80. The van der Waals surface area contributed by atoms with E-state index in [2.05, 4.69) is 81.7 Å². The van der Waals surface area contributed by atoms with Crippen molar-refractivity contribution in [3.05, 3.63) is 65.2 Å². The molecule has 2 nitrogen and oxygen atoms in total. The summed E-state index contributed by atoms with van der Waals surface area (Å²) in [5.41, 5.74) is 4.97. The van der Waals surface area contributed by atoms with Crippen molar-refractivity contribution >= 4 is 23.0 Å². The molecule has 0 aromatic heterocycles. The van der Waals surface area contributed by atoms with Crippen LogP contribution in [-0.4, -0.2) is 5.11 Å². The molecule has 0 fully saturated rings. The van der Waals surface area contributed by atoms with E-state index in [9.17, 15) is 0 Å². The van der Waals surface area contributed by atoms with Gasteiger partial charge in [-0.3, -0.25) is 0 Å². The van der Waals surface area contributed by atoms with Crippen LogP contribution in [0.25, 0.3) is 0 Å². The first kappa shape index (κ1) is 17.5. The summed E-state index contributed by atoms with van der Waals surface area (Å²) in [5.74, 6) is 0. The van der Waals surface area contributed by atoms with E-state index in [-0.39, 0.29) is 11.5 Å². The summed E-state index contributed by atoms with van der Waals surface area (Å²) in [6.45, 7) is 10.9. The second-order valence-corrected chi connectivity index (χ2v) is 7.47. The highest BCUT2D eigenvalue weighted by atomic mass is 32.1. The zero-order chi connectivity index (χ0) is 17.0. The molecule has 0 saturated carbocycles. The topological polar surface area (TPSA) is 24.1 Å². The van der Waals surface area contributed by atoms with E-state index in [4.69, 9.17) is 12.2 Å². The Balaban J connectivity index is 1.98. The molecule has 2 aromatic carbocycles. The van der Waals surface area contributed by atoms with Crippen LogP contribution < -0.4 is 10.6 Å². The van der Waals surface area contributed by atoms with Crippen LogP contribution in [-0.2, 0) is 5.41 Å². The fourth-order valence-corrected chi connectivity index (χ4v) is 2.74. The molecular weight excluding hydrogens is 300 g/mol. The molecule has 122 valence electrons. The lowest BCUT2D eigenvalue weighted by molar-refractivity contribution is 0.589. The molecule has 0 aliphatic carbocycles. The van der Waals surface area contributed by atoms with Crippen LogP contribution in [0.5, 0.6) is 0 Å². The molecule has 2 aromatic rings. The minimum absolute atomic E-state index is 0.161. The lowest BCUT2D eigenvalue weighted by atomic mass is 9.86. The smallest absolute Gasteiger partial charge is 0.171 e. The monoisotopic (exact) mass is 326 g/mol. The van der Waals surface area contributed by atoms with Crippen LogP contribution in [0.4, 0.5) is 5.69 Å². The molecular formula is C20H26N2S. The summed E-state index contributed by atoms with van der Waals surface area (Å²) in [7, 11) is 0.